The van der Waals surface area contributed by atoms with Crippen molar-refractivity contribution >= 4 is 10.8 Å². The lowest BCUT2D eigenvalue weighted by atomic mass is 9.99. The fraction of sp³-hybridized carbons (Fsp3) is 0.143. The molecule has 0 aromatic heterocycles. The van der Waals surface area contributed by atoms with E-state index < -0.39 is 0 Å². The van der Waals surface area contributed by atoms with Crippen LogP contribution in [-0.4, -0.2) is 0 Å². The highest BCUT2D eigenvalue weighted by atomic mass is 14.0. The molecule has 2 aromatic rings. The maximum Gasteiger partial charge on any atom is 0.0421 e. The summed E-state index contributed by atoms with van der Waals surface area (Å²) < 4.78 is 0. The maximum atomic E-state index is 5.40. The normalized spacial score (nSPS) is 12.3. The van der Waals surface area contributed by atoms with E-state index in [2.05, 4.69) is 36.3 Å². The molecular weight excluding hydrogens is 168 g/mol. The first-order valence-electron chi connectivity index (χ1n) is 4.76. The van der Waals surface area contributed by atoms with E-state index in [-0.39, 0.29) is 5.92 Å². The summed E-state index contributed by atoms with van der Waals surface area (Å²) >= 11 is 0. The van der Waals surface area contributed by atoms with Gasteiger partial charge in [-0.15, -0.1) is 6.42 Å². The zero-order valence-electron chi connectivity index (χ0n) is 8.20. The van der Waals surface area contributed by atoms with Gasteiger partial charge in [-0.05, 0) is 29.3 Å². The van der Waals surface area contributed by atoms with Crippen LogP contribution in [0.15, 0.2) is 42.5 Å². The lowest BCUT2D eigenvalue weighted by Gasteiger charge is -2.05. The number of fused-ring (bicyclic) bond motifs is 1. The van der Waals surface area contributed by atoms with E-state index in [1.807, 2.05) is 19.1 Å². The Morgan fingerprint density at radius 1 is 1.07 bits per heavy atom. The SMILES string of the molecule is C#CC(C)c1ccc2ccccc2c1. The second-order valence-corrected chi connectivity index (χ2v) is 3.49. The van der Waals surface area contributed by atoms with Gasteiger partial charge in [0, 0.05) is 5.92 Å². The molecule has 0 radical (unpaired) electrons. The van der Waals surface area contributed by atoms with Gasteiger partial charge in [-0.2, -0.15) is 0 Å². The minimum atomic E-state index is 0.194. The molecule has 0 aliphatic carbocycles. The van der Waals surface area contributed by atoms with E-state index in [0.717, 1.165) is 0 Å². The Hall–Kier alpha value is -1.74. The van der Waals surface area contributed by atoms with Gasteiger partial charge in [0.2, 0.25) is 0 Å². The topological polar surface area (TPSA) is 0 Å². The minimum absolute atomic E-state index is 0.194. The molecule has 0 saturated carbocycles. The molecule has 68 valence electrons. The van der Waals surface area contributed by atoms with Crippen LogP contribution in [0.3, 0.4) is 0 Å². The predicted molar refractivity (Wildman–Crippen MR) is 61.2 cm³/mol. The van der Waals surface area contributed by atoms with Crippen molar-refractivity contribution in [2.75, 3.05) is 0 Å². The van der Waals surface area contributed by atoms with Crippen molar-refractivity contribution in [3.8, 4) is 12.3 Å². The van der Waals surface area contributed by atoms with Crippen LogP contribution in [0, 0.1) is 12.3 Å². The monoisotopic (exact) mass is 180 g/mol. The van der Waals surface area contributed by atoms with Crippen molar-refractivity contribution in [3.63, 3.8) is 0 Å². The Kier molecular flexibility index (Phi) is 2.24. The molecule has 0 bridgehead atoms. The zero-order chi connectivity index (χ0) is 9.97. The van der Waals surface area contributed by atoms with Gasteiger partial charge in [-0.25, -0.2) is 0 Å². The highest BCUT2D eigenvalue weighted by Gasteiger charge is 2.01. The molecule has 0 amide bonds. The molecule has 2 rings (SSSR count). The minimum Gasteiger partial charge on any atom is -0.119 e. The van der Waals surface area contributed by atoms with Gasteiger partial charge < -0.3 is 0 Å². The van der Waals surface area contributed by atoms with Gasteiger partial charge in [0.05, 0.1) is 0 Å². The number of rotatable bonds is 1. The van der Waals surface area contributed by atoms with Gasteiger partial charge in [0.25, 0.3) is 0 Å². The Morgan fingerprint density at radius 3 is 2.50 bits per heavy atom. The average molecular weight is 180 g/mol. The zero-order valence-corrected chi connectivity index (χ0v) is 8.20. The van der Waals surface area contributed by atoms with Gasteiger partial charge in [-0.3, -0.25) is 0 Å². The highest BCUT2D eigenvalue weighted by molar-refractivity contribution is 5.83. The maximum absolute atomic E-state index is 5.40. The van der Waals surface area contributed by atoms with Crippen LogP contribution in [0.1, 0.15) is 18.4 Å². The summed E-state index contributed by atoms with van der Waals surface area (Å²) in [6.45, 7) is 2.05. The lowest BCUT2D eigenvalue weighted by molar-refractivity contribution is 1.01. The van der Waals surface area contributed by atoms with Crippen LogP contribution < -0.4 is 0 Å². The molecular formula is C14H12. The standard InChI is InChI=1S/C14H12/c1-3-11(2)13-9-8-12-6-4-5-7-14(12)10-13/h1,4-11H,2H3. The summed E-state index contributed by atoms with van der Waals surface area (Å²) in [6.07, 6.45) is 5.40. The third-order valence-corrected chi connectivity index (χ3v) is 2.52. The van der Waals surface area contributed by atoms with Gasteiger partial charge in [0.1, 0.15) is 0 Å². The summed E-state index contributed by atoms with van der Waals surface area (Å²) in [6, 6.07) is 14.7. The molecule has 0 nitrogen and oxygen atoms in total. The largest absolute Gasteiger partial charge is 0.119 e. The molecule has 0 spiro atoms. The van der Waals surface area contributed by atoms with Gasteiger partial charge in [-0.1, -0.05) is 42.3 Å². The fourth-order valence-electron chi connectivity index (χ4n) is 1.57. The molecule has 0 saturated heterocycles. The van der Waals surface area contributed by atoms with Gasteiger partial charge >= 0.3 is 0 Å². The van der Waals surface area contributed by atoms with Crippen molar-refractivity contribution in [3.05, 3.63) is 48.0 Å². The lowest BCUT2D eigenvalue weighted by Crippen LogP contribution is -1.88. The van der Waals surface area contributed by atoms with Crippen molar-refractivity contribution < 1.29 is 0 Å². The van der Waals surface area contributed by atoms with Crippen LogP contribution in [0.5, 0.6) is 0 Å². The smallest absolute Gasteiger partial charge is 0.0421 e. The number of hydrogen-bond donors (Lipinski definition) is 0. The van der Waals surface area contributed by atoms with E-state index in [0.29, 0.717) is 0 Å². The molecule has 0 aliphatic rings. The first-order chi connectivity index (χ1) is 6.81. The molecule has 0 N–H and O–H groups in total. The van der Waals surface area contributed by atoms with E-state index in [4.69, 9.17) is 6.42 Å². The van der Waals surface area contributed by atoms with E-state index >= 15 is 0 Å². The predicted octanol–water partition coefficient (Wildman–Crippen LogP) is 3.58. The molecule has 0 heterocycles. The highest BCUT2D eigenvalue weighted by Crippen LogP contribution is 2.20. The summed E-state index contributed by atoms with van der Waals surface area (Å²) in [5.41, 5.74) is 1.21. The molecule has 1 atom stereocenters. The third kappa shape index (κ3) is 1.49. The van der Waals surface area contributed by atoms with E-state index in [1.54, 1.807) is 0 Å². The second kappa shape index (κ2) is 3.55. The van der Waals surface area contributed by atoms with Crippen LogP contribution in [0.4, 0.5) is 0 Å². The van der Waals surface area contributed by atoms with E-state index in [9.17, 15) is 0 Å². The summed E-state index contributed by atoms with van der Waals surface area (Å²) in [4.78, 5) is 0. The molecule has 1 unspecified atom stereocenters. The van der Waals surface area contributed by atoms with E-state index in [1.165, 1.54) is 16.3 Å². The van der Waals surface area contributed by atoms with Crippen molar-refractivity contribution in [1.82, 2.24) is 0 Å². The molecule has 2 aromatic carbocycles. The first-order valence-corrected chi connectivity index (χ1v) is 4.76. The molecule has 0 heteroatoms. The first kappa shape index (κ1) is 8.84. The molecule has 0 fully saturated rings. The average Bonchev–Trinajstić information content (AvgIpc) is 2.27. The van der Waals surface area contributed by atoms with Crippen molar-refractivity contribution in [1.29, 1.82) is 0 Å². The summed E-state index contributed by atoms with van der Waals surface area (Å²) in [5.74, 6) is 2.94. The molecule has 14 heavy (non-hydrogen) atoms. The Balaban J connectivity index is 2.58. The molecule has 0 aliphatic heterocycles. The van der Waals surface area contributed by atoms with Crippen LogP contribution in [-0.2, 0) is 0 Å². The number of terminal acetylenes is 1. The summed E-state index contributed by atoms with van der Waals surface area (Å²) in [5, 5.41) is 2.52. The van der Waals surface area contributed by atoms with Crippen molar-refractivity contribution in [2.24, 2.45) is 0 Å². The second-order valence-electron chi connectivity index (χ2n) is 3.49. The van der Waals surface area contributed by atoms with Crippen LogP contribution in [0.25, 0.3) is 10.8 Å². The van der Waals surface area contributed by atoms with Crippen molar-refractivity contribution in [2.45, 2.75) is 12.8 Å². The van der Waals surface area contributed by atoms with Crippen LogP contribution >= 0.6 is 0 Å². The fourth-order valence-corrected chi connectivity index (χ4v) is 1.57. The quantitative estimate of drug-likeness (QED) is 0.588. The number of hydrogen-bond acceptors (Lipinski definition) is 0. The number of benzene rings is 2. The van der Waals surface area contributed by atoms with Crippen LogP contribution in [0.2, 0.25) is 0 Å². The Labute approximate surface area is 84.6 Å². The summed E-state index contributed by atoms with van der Waals surface area (Å²) in [7, 11) is 0. The van der Waals surface area contributed by atoms with Gasteiger partial charge in [0.15, 0.2) is 0 Å². The Bertz CT molecular complexity index is 489. The third-order valence-electron chi connectivity index (χ3n) is 2.52. The Morgan fingerprint density at radius 2 is 1.79 bits per heavy atom.